The number of hydrogen-bond acceptors (Lipinski definition) is 3. The fraction of sp³-hybridized carbons (Fsp3) is 0.455. The Morgan fingerprint density at radius 2 is 2.11 bits per heavy atom. The monoisotopic (exact) mass is 403 g/mol. The molecule has 0 saturated heterocycles. The van der Waals surface area contributed by atoms with E-state index in [9.17, 15) is 14.7 Å². The molecule has 5 nitrogen and oxygen atoms in total. The second kappa shape index (κ2) is 8.00. The quantitative estimate of drug-likeness (QED) is 0.514. The number of unbranched alkanes of at least 4 members (excludes halogenated alkanes) is 1. The predicted octanol–water partition coefficient (Wildman–Crippen LogP) is 5.18. The lowest BCUT2D eigenvalue weighted by molar-refractivity contribution is 0.0695. The molecule has 2 aromatic rings. The Bertz CT molecular complexity index is 977. The van der Waals surface area contributed by atoms with E-state index in [-0.39, 0.29) is 22.6 Å². The van der Waals surface area contributed by atoms with E-state index in [1.165, 1.54) is 0 Å². The number of carboxylic acid groups (broad SMARTS) is 1. The lowest BCUT2D eigenvalue weighted by Gasteiger charge is -2.31. The van der Waals surface area contributed by atoms with Gasteiger partial charge in [0.2, 0.25) is 5.43 Å². The maximum Gasteiger partial charge on any atom is 0.342 e. The molecule has 0 aliphatic heterocycles. The van der Waals surface area contributed by atoms with Gasteiger partial charge < -0.3 is 14.8 Å². The predicted molar refractivity (Wildman–Crippen MR) is 111 cm³/mol. The van der Waals surface area contributed by atoms with Crippen LogP contribution >= 0.6 is 11.6 Å². The van der Waals surface area contributed by atoms with Crippen molar-refractivity contribution in [3.05, 3.63) is 49.8 Å². The Hall–Kier alpha value is -2.27. The fourth-order valence-corrected chi connectivity index (χ4v) is 4.13. The average molecular weight is 404 g/mol. The minimum Gasteiger partial charge on any atom is -0.493 e. The number of nitrogens with one attached hydrogen (secondary N) is 1. The van der Waals surface area contributed by atoms with Crippen molar-refractivity contribution < 1.29 is 14.6 Å². The molecule has 1 atom stereocenters. The first kappa shape index (κ1) is 20.5. The van der Waals surface area contributed by atoms with Crippen molar-refractivity contribution in [2.24, 2.45) is 5.92 Å². The molecule has 1 aromatic heterocycles. The molecule has 3 rings (SSSR count). The Kier molecular flexibility index (Phi) is 5.84. The number of ether oxygens (including phenoxy) is 1. The third-order valence-corrected chi connectivity index (χ3v) is 5.73. The number of aromatic carboxylic acids is 1. The van der Waals surface area contributed by atoms with E-state index >= 15 is 0 Å². The molecule has 1 aromatic carbocycles. The maximum absolute atomic E-state index is 13.0. The van der Waals surface area contributed by atoms with Crippen LogP contribution in [-0.4, -0.2) is 22.7 Å². The number of hydrogen-bond donors (Lipinski definition) is 2. The molecule has 0 spiro atoms. The van der Waals surface area contributed by atoms with Crippen molar-refractivity contribution in [3.63, 3.8) is 0 Å². The highest BCUT2D eigenvalue weighted by atomic mass is 35.5. The van der Waals surface area contributed by atoms with Crippen molar-refractivity contribution in [1.29, 1.82) is 0 Å². The van der Waals surface area contributed by atoms with Gasteiger partial charge in [0.15, 0.2) is 0 Å². The van der Waals surface area contributed by atoms with Crippen molar-refractivity contribution in [1.82, 2.24) is 4.98 Å². The summed E-state index contributed by atoms with van der Waals surface area (Å²) in [7, 11) is 0. The molecule has 6 heteroatoms. The largest absolute Gasteiger partial charge is 0.493 e. The van der Waals surface area contributed by atoms with Crippen LogP contribution in [0.5, 0.6) is 5.75 Å². The SMILES string of the molecule is CCCCOc1cc2c(cc1C)-c1[nH]c(Cl)c(C(=O)O)c(=O)c1C(C(C)C)C2. The van der Waals surface area contributed by atoms with Crippen LogP contribution in [0, 0.1) is 12.8 Å². The van der Waals surface area contributed by atoms with E-state index in [1.54, 1.807) is 0 Å². The first-order valence-electron chi connectivity index (χ1n) is 9.71. The topological polar surface area (TPSA) is 79.4 Å². The molecule has 150 valence electrons. The van der Waals surface area contributed by atoms with Crippen LogP contribution in [-0.2, 0) is 6.42 Å². The van der Waals surface area contributed by atoms with E-state index in [0.29, 0.717) is 24.3 Å². The van der Waals surface area contributed by atoms with Gasteiger partial charge in [-0.2, -0.15) is 0 Å². The summed E-state index contributed by atoms with van der Waals surface area (Å²) in [6, 6.07) is 4.05. The van der Waals surface area contributed by atoms with Crippen molar-refractivity contribution in [2.75, 3.05) is 6.61 Å². The number of fused-ring (bicyclic) bond motifs is 3. The van der Waals surface area contributed by atoms with E-state index in [1.807, 2.05) is 26.8 Å². The summed E-state index contributed by atoms with van der Waals surface area (Å²) in [5.41, 5.74) is 3.22. The van der Waals surface area contributed by atoms with Crippen LogP contribution in [0.1, 0.15) is 66.6 Å². The lowest BCUT2D eigenvalue weighted by atomic mass is 9.75. The molecule has 1 aliphatic carbocycles. The Morgan fingerprint density at radius 1 is 1.39 bits per heavy atom. The first-order chi connectivity index (χ1) is 13.3. The number of aryl methyl sites for hydroxylation is 1. The van der Waals surface area contributed by atoms with Crippen LogP contribution < -0.4 is 10.2 Å². The molecular formula is C22H26ClNO4. The van der Waals surface area contributed by atoms with Gasteiger partial charge in [0.1, 0.15) is 16.5 Å². The van der Waals surface area contributed by atoms with Gasteiger partial charge in [-0.15, -0.1) is 0 Å². The Labute approximate surface area is 169 Å². The van der Waals surface area contributed by atoms with Crippen molar-refractivity contribution in [3.8, 4) is 17.0 Å². The zero-order valence-corrected chi connectivity index (χ0v) is 17.4. The Morgan fingerprint density at radius 3 is 2.71 bits per heavy atom. The molecule has 0 saturated carbocycles. The number of benzene rings is 1. The maximum atomic E-state index is 13.0. The highest BCUT2D eigenvalue weighted by Gasteiger charge is 2.33. The highest BCUT2D eigenvalue weighted by Crippen LogP contribution is 2.43. The van der Waals surface area contributed by atoms with E-state index in [2.05, 4.69) is 18.0 Å². The van der Waals surface area contributed by atoms with Crippen LogP contribution in [0.25, 0.3) is 11.3 Å². The van der Waals surface area contributed by atoms with Crippen molar-refractivity contribution in [2.45, 2.75) is 52.9 Å². The van der Waals surface area contributed by atoms with Crippen LogP contribution in [0.3, 0.4) is 0 Å². The molecule has 28 heavy (non-hydrogen) atoms. The first-order valence-corrected chi connectivity index (χ1v) is 10.1. The standard InChI is InChI=1S/C22H26ClNO4/c1-5-6-7-28-16-10-13-9-14(11(2)3)17-19(15(13)8-12(16)4)24-21(23)18(20(17)25)22(26)27/h8,10-11,14H,5-7,9H2,1-4H3,(H,24,25)(H,26,27). The molecule has 1 aliphatic rings. The average Bonchev–Trinajstić information content (AvgIpc) is 2.61. The number of aromatic nitrogens is 1. The number of aromatic amines is 1. The van der Waals surface area contributed by atoms with Gasteiger partial charge in [-0.1, -0.05) is 38.8 Å². The molecule has 2 N–H and O–H groups in total. The van der Waals surface area contributed by atoms with Gasteiger partial charge in [-0.3, -0.25) is 4.79 Å². The van der Waals surface area contributed by atoms with Crippen LogP contribution in [0.2, 0.25) is 5.15 Å². The van der Waals surface area contributed by atoms with Gasteiger partial charge in [0.25, 0.3) is 0 Å². The number of pyridine rings is 1. The summed E-state index contributed by atoms with van der Waals surface area (Å²) in [6.45, 7) is 8.85. The van der Waals surface area contributed by atoms with Gasteiger partial charge in [-0.25, -0.2) is 4.79 Å². The van der Waals surface area contributed by atoms with Gasteiger partial charge >= 0.3 is 5.97 Å². The normalized spacial score (nSPS) is 15.3. The van der Waals surface area contributed by atoms with Crippen LogP contribution in [0.15, 0.2) is 16.9 Å². The Balaban J connectivity index is 2.21. The number of H-pyrrole nitrogens is 1. The third kappa shape index (κ3) is 3.55. The second-order valence-corrected chi connectivity index (χ2v) is 8.15. The molecule has 1 heterocycles. The van der Waals surface area contributed by atoms with Gasteiger partial charge in [0, 0.05) is 11.1 Å². The molecule has 0 radical (unpaired) electrons. The molecule has 0 amide bonds. The summed E-state index contributed by atoms with van der Waals surface area (Å²) in [5.74, 6) is -0.374. The van der Waals surface area contributed by atoms with E-state index < -0.39 is 11.4 Å². The van der Waals surface area contributed by atoms with Crippen molar-refractivity contribution >= 4 is 17.6 Å². The summed E-state index contributed by atoms with van der Waals surface area (Å²) in [5, 5.41) is 9.30. The fourth-order valence-electron chi connectivity index (χ4n) is 3.87. The second-order valence-electron chi connectivity index (χ2n) is 7.77. The molecule has 0 bridgehead atoms. The third-order valence-electron chi connectivity index (χ3n) is 5.45. The summed E-state index contributed by atoms with van der Waals surface area (Å²) < 4.78 is 5.95. The van der Waals surface area contributed by atoms with E-state index in [4.69, 9.17) is 16.3 Å². The van der Waals surface area contributed by atoms with Crippen LogP contribution in [0.4, 0.5) is 0 Å². The number of carbonyl (C=O) groups is 1. The smallest absolute Gasteiger partial charge is 0.342 e. The summed E-state index contributed by atoms with van der Waals surface area (Å²) in [6.07, 6.45) is 2.72. The number of halogens is 1. The molecule has 1 unspecified atom stereocenters. The minimum atomic E-state index is -1.31. The van der Waals surface area contributed by atoms with E-state index in [0.717, 1.165) is 35.3 Å². The number of carboxylic acids is 1. The highest BCUT2D eigenvalue weighted by molar-refractivity contribution is 6.32. The van der Waals surface area contributed by atoms with Gasteiger partial charge in [-0.05, 0) is 54.9 Å². The zero-order valence-electron chi connectivity index (χ0n) is 16.7. The summed E-state index contributed by atoms with van der Waals surface area (Å²) >= 11 is 6.15. The summed E-state index contributed by atoms with van der Waals surface area (Å²) in [4.78, 5) is 27.6. The lowest BCUT2D eigenvalue weighted by Crippen LogP contribution is -2.29. The van der Waals surface area contributed by atoms with Gasteiger partial charge in [0.05, 0.1) is 12.3 Å². The molecular weight excluding hydrogens is 378 g/mol. The zero-order chi connectivity index (χ0) is 20.6. The minimum absolute atomic E-state index is 0.0900. The number of rotatable bonds is 6. The molecule has 0 fully saturated rings.